The van der Waals surface area contributed by atoms with E-state index in [0.717, 1.165) is 31.5 Å². The molecule has 0 aliphatic heterocycles. The van der Waals surface area contributed by atoms with E-state index < -0.39 is 0 Å². The summed E-state index contributed by atoms with van der Waals surface area (Å²) >= 11 is 0. The monoisotopic (exact) mass is 233 g/mol. The lowest BCUT2D eigenvalue weighted by atomic mass is 10.3. The lowest BCUT2D eigenvalue weighted by Crippen LogP contribution is -2.38. The smallest absolute Gasteiger partial charge is 0.322 e. The molecule has 2 amide bonds. The SMILES string of the molecule is NCCCN(C(=O)Nc1ccccc1)C1CC1. The summed E-state index contributed by atoms with van der Waals surface area (Å²) in [5.74, 6) is 0. The molecule has 0 bridgehead atoms. The minimum absolute atomic E-state index is 0.00727. The van der Waals surface area contributed by atoms with Crippen LogP contribution in [-0.4, -0.2) is 30.1 Å². The highest BCUT2D eigenvalue weighted by molar-refractivity contribution is 5.89. The summed E-state index contributed by atoms with van der Waals surface area (Å²) in [6.07, 6.45) is 3.10. The standard InChI is InChI=1S/C13H19N3O/c14-9-4-10-16(12-7-8-12)13(17)15-11-5-2-1-3-6-11/h1-3,5-6,12H,4,7-10,14H2,(H,15,17). The van der Waals surface area contributed by atoms with Crippen LogP contribution in [-0.2, 0) is 0 Å². The molecule has 1 aliphatic rings. The minimum Gasteiger partial charge on any atom is -0.330 e. The van der Waals surface area contributed by atoms with Gasteiger partial charge in [-0.1, -0.05) is 18.2 Å². The Morgan fingerprint density at radius 2 is 2.06 bits per heavy atom. The molecule has 0 heterocycles. The van der Waals surface area contributed by atoms with Crippen molar-refractivity contribution in [1.82, 2.24) is 4.90 Å². The van der Waals surface area contributed by atoms with Crippen LogP contribution in [0.15, 0.2) is 30.3 Å². The van der Waals surface area contributed by atoms with Gasteiger partial charge in [0.1, 0.15) is 0 Å². The number of para-hydroxylation sites is 1. The molecule has 0 unspecified atom stereocenters. The molecule has 17 heavy (non-hydrogen) atoms. The molecule has 0 radical (unpaired) electrons. The predicted octanol–water partition coefficient (Wildman–Crippen LogP) is 2.03. The molecule has 4 heteroatoms. The van der Waals surface area contributed by atoms with Gasteiger partial charge in [-0.3, -0.25) is 0 Å². The van der Waals surface area contributed by atoms with Crippen molar-refractivity contribution in [2.45, 2.75) is 25.3 Å². The molecule has 0 aromatic heterocycles. The van der Waals surface area contributed by atoms with Crippen molar-refractivity contribution in [2.24, 2.45) is 5.73 Å². The summed E-state index contributed by atoms with van der Waals surface area (Å²) in [4.78, 5) is 14.0. The molecule has 92 valence electrons. The zero-order valence-electron chi connectivity index (χ0n) is 9.93. The Kier molecular flexibility index (Phi) is 3.98. The fraction of sp³-hybridized carbons (Fsp3) is 0.462. The summed E-state index contributed by atoms with van der Waals surface area (Å²) < 4.78 is 0. The maximum atomic E-state index is 12.1. The number of nitrogens with two attached hydrogens (primary N) is 1. The Morgan fingerprint density at radius 3 is 2.65 bits per heavy atom. The van der Waals surface area contributed by atoms with E-state index in [1.54, 1.807) is 0 Å². The van der Waals surface area contributed by atoms with Gasteiger partial charge in [0.15, 0.2) is 0 Å². The van der Waals surface area contributed by atoms with Crippen LogP contribution in [0.3, 0.4) is 0 Å². The average molecular weight is 233 g/mol. The second-order valence-electron chi connectivity index (χ2n) is 4.36. The summed E-state index contributed by atoms with van der Waals surface area (Å²) in [6, 6.07) is 9.96. The fourth-order valence-corrected chi connectivity index (χ4v) is 1.81. The number of carbonyl (C=O) groups excluding carboxylic acids is 1. The highest BCUT2D eigenvalue weighted by Crippen LogP contribution is 2.27. The zero-order chi connectivity index (χ0) is 12.1. The highest BCUT2D eigenvalue weighted by Gasteiger charge is 2.31. The molecule has 0 saturated heterocycles. The van der Waals surface area contributed by atoms with E-state index in [1.165, 1.54) is 0 Å². The van der Waals surface area contributed by atoms with Crippen LogP contribution in [0.4, 0.5) is 10.5 Å². The van der Waals surface area contributed by atoms with E-state index >= 15 is 0 Å². The van der Waals surface area contributed by atoms with Gasteiger partial charge in [0, 0.05) is 18.3 Å². The van der Waals surface area contributed by atoms with Gasteiger partial charge in [-0.25, -0.2) is 4.79 Å². The second-order valence-corrected chi connectivity index (χ2v) is 4.36. The molecule has 1 fully saturated rings. The Balaban J connectivity index is 1.92. The third-order valence-electron chi connectivity index (χ3n) is 2.88. The number of hydrogen-bond acceptors (Lipinski definition) is 2. The fourth-order valence-electron chi connectivity index (χ4n) is 1.81. The number of anilines is 1. The normalized spacial score (nSPS) is 14.4. The average Bonchev–Trinajstić information content (AvgIpc) is 3.15. The van der Waals surface area contributed by atoms with Gasteiger partial charge in [-0.2, -0.15) is 0 Å². The molecule has 1 saturated carbocycles. The van der Waals surface area contributed by atoms with E-state index in [9.17, 15) is 4.79 Å². The van der Waals surface area contributed by atoms with Crippen LogP contribution in [0.5, 0.6) is 0 Å². The molecule has 2 rings (SSSR count). The van der Waals surface area contributed by atoms with Crippen molar-refractivity contribution in [3.8, 4) is 0 Å². The van der Waals surface area contributed by atoms with Crippen molar-refractivity contribution in [3.05, 3.63) is 30.3 Å². The van der Waals surface area contributed by atoms with Gasteiger partial charge in [0.2, 0.25) is 0 Å². The van der Waals surface area contributed by atoms with Crippen molar-refractivity contribution >= 4 is 11.7 Å². The van der Waals surface area contributed by atoms with Crippen molar-refractivity contribution in [2.75, 3.05) is 18.4 Å². The molecular weight excluding hydrogens is 214 g/mol. The van der Waals surface area contributed by atoms with Crippen molar-refractivity contribution in [3.63, 3.8) is 0 Å². The highest BCUT2D eigenvalue weighted by atomic mass is 16.2. The van der Waals surface area contributed by atoms with E-state index in [0.29, 0.717) is 12.6 Å². The van der Waals surface area contributed by atoms with E-state index in [1.807, 2.05) is 35.2 Å². The third-order valence-corrected chi connectivity index (χ3v) is 2.88. The number of urea groups is 1. The zero-order valence-corrected chi connectivity index (χ0v) is 9.93. The maximum absolute atomic E-state index is 12.1. The van der Waals surface area contributed by atoms with Gasteiger partial charge in [-0.05, 0) is 37.9 Å². The number of benzene rings is 1. The second kappa shape index (κ2) is 5.68. The molecule has 3 N–H and O–H groups in total. The van der Waals surface area contributed by atoms with Gasteiger partial charge in [-0.15, -0.1) is 0 Å². The molecule has 0 atom stereocenters. The molecule has 1 aromatic rings. The molecule has 1 aromatic carbocycles. The summed E-state index contributed by atoms with van der Waals surface area (Å²) in [7, 11) is 0. The van der Waals surface area contributed by atoms with Crippen molar-refractivity contribution in [1.29, 1.82) is 0 Å². The van der Waals surface area contributed by atoms with Gasteiger partial charge >= 0.3 is 6.03 Å². The molecule has 1 aliphatic carbocycles. The number of rotatable bonds is 5. The van der Waals surface area contributed by atoms with Crippen LogP contribution in [0.2, 0.25) is 0 Å². The Bertz CT molecular complexity index is 362. The van der Waals surface area contributed by atoms with Crippen LogP contribution in [0.1, 0.15) is 19.3 Å². The van der Waals surface area contributed by atoms with Crippen LogP contribution in [0, 0.1) is 0 Å². The maximum Gasteiger partial charge on any atom is 0.322 e. The quantitative estimate of drug-likeness (QED) is 0.817. The van der Waals surface area contributed by atoms with Gasteiger partial charge in [0.05, 0.1) is 0 Å². The van der Waals surface area contributed by atoms with Crippen LogP contribution in [0.25, 0.3) is 0 Å². The largest absolute Gasteiger partial charge is 0.330 e. The number of nitrogens with one attached hydrogen (secondary N) is 1. The lowest BCUT2D eigenvalue weighted by Gasteiger charge is -2.22. The Labute approximate surface area is 102 Å². The van der Waals surface area contributed by atoms with Crippen molar-refractivity contribution < 1.29 is 4.79 Å². The number of amides is 2. The summed E-state index contributed by atoms with van der Waals surface area (Å²) in [5.41, 5.74) is 6.34. The first-order chi connectivity index (χ1) is 8.31. The number of nitrogens with zero attached hydrogens (tertiary/aromatic N) is 1. The molecular formula is C13H19N3O. The first-order valence-corrected chi connectivity index (χ1v) is 6.14. The molecule has 4 nitrogen and oxygen atoms in total. The van der Waals surface area contributed by atoms with Gasteiger partial charge in [0.25, 0.3) is 0 Å². The molecule has 0 spiro atoms. The Hall–Kier alpha value is -1.55. The first kappa shape index (κ1) is 11.9. The van der Waals surface area contributed by atoms with Gasteiger partial charge < -0.3 is 16.0 Å². The van der Waals surface area contributed by atoms with E-state index in [4.69, 9.17) is 5.73 Å². The lowest BCUT2D eigenvalue weighted by molar-refractivity contribution is 0.208. The summed E-state index contributed by atoms with van der Waals surface area (Å²) in [5, 5.41) is 2.92. The van der Waals surface area contributed by atoms with Crippen LogP contribution < -0.4 is 11.1 Å². The van der Waals surface area contributed by atoms with E-state index in [-0.39, 0.29) is 6.03 Å². The van der Waals surface area contributed by atoms with Crippen LogP contribution >= 0.6 is 0 Å². The minimum atomic E-state index is -0.00727. The summed E-state index contributed by atoms with van der Waals surface area (Å²) in [6.45, 7) is 1.38. The first-order valence-electron chi connectivity index (χ1n) is 6.14. The number of carbonyl (C=O) groups is 1. The third kappa shape index (κ3) is 3.46. The number of hydrogen-bond donors (Lipinski definition) is 2. The predicted molar refractivity (Wildman–Crippen MR) is 68.9 cm³/mol. The topological polar surface area (TPSA) is 58.4 Å². The van der Waals surface area contributed by atoms with E-state index in [2.05, 4.69) is 5.32 Å². The Morgan fingerprint density at radius 1 is 1.35 bits per heavy atom.